The number of nitrogens with zero attached hydrogens (tertiary/aromatic N) is 3. The predicted octanol–water partition coefficient (Wildman–Crippen LogP) is 2.53. The predicted molar refractivity (Wildman–Crippen MR) is 71.9 cm³/mol. The fourth-order valence-electron chi connectivity index (χ4n) is 2.12. The Balaban J connectivity index is 1.52. The Hall–Kier alpha value is -2.98. The van der Waals surface area contributed by atoms with Gasteiger partial charge in [0.1, 0.15) is 24.3 Å². The van der Waals surface area contributed by atoms with Crippen molar-refractivity contribution < 1.29 is 32.3 Å². The van der Waals surface area contributed by atoms with Crippen LogP contribution in [0.5, 0.6) is 17.5 Å². The summed E-state index contributed by atoms with van der Waals surface area (Å²) in [6, 6.07) is 5.06. The molecule has 0 aliphatic carbocycles. The highest BCUT2D eigenvalue weighted by Gasteiger charge is 2.32. The average molecular weight is 345 g/mol. The van der Waals surface area contributed by atoms with E-state index in [1.54, 1.807) is 0 Å². The first kappa shape index (κ1) is 15.9. The van der Waals surface area contributed by atoms with Gasteiger partial charge in [0, 0.05) is 4.98 Å². The molecule has 24 heavy (non-hydrogen) atoms. The van der Waals surface area contributed by atoms with Crippen LogP contribution in [0.2, 0.25) is 0 Å². The number of hydrogen-bond donors (Lipinski definition) is 0. The van der Waals surface area contributed by atoms with Gasteiger partial charge in [-0.3, -0.25) is 4.57 Å². The average Bonchev–Trinajstić information content (AvgIpc) is 3.03. The van der Waals surface area contributed by atoms with Gasteiger partial charge < -0.3 is 24.3 Å². The van der Waals surface area contributed by atoms with E-state index in [-0.39, 0.29) is 24.2 Å². The Labute approximate surface area is 132 Å². The van der Waals surface area contributed by atoms with Crippen LogP contribution in [0.25, 0.3) is 0 Å². The minimum atomic E-state index is -4.75. The van der Waals surface area contributed by atoms with Crippen LogP contribution in [0.1, 0.15) is 0 Å². The van der Waals surface area contributed by atoms with Gasteiger partial charge in [-0.2, -0.15) is 0 Å². The second-order valence-corrected chi connectivity index (χ2v) is 4.86. The molecule has 1 aromatic carbocycles. The lowest BCUT2D eigenvalue weighted by Crippen LogP contribution is -2.23. The first-order valence-electron chi connectivity index (χ1n) is 6.67. The van der Waals surface area contributed by atoms with Crippen molar-refractivity contribution in [3.63, 3.8) is 0 Å². The monoisotopic (exact) mass is 345 g/mol. The lowest BCUT2D eigenvalue weighted by Gasteiger charge is -2.12. The molecule has 0 N–H and O–H groups in total. The molecule has 1 aromatic heterocycles. The highest BCUT2D eigenvalue weighted by atomic mass is 19.4. The van der Waals surface area contributed by atoms with Gasteiger partial charge in [-0.15, -0.1) is 13.2 Å². The Morgan fingerprint density at radius 1 is 1.33 bits per heavy atom. The zero-order valence-electron chi connectivity index (χ0n) is 11.9. The highest BCUT2D eigenvalue weighted by molar-refractivity contribution is 5.31. The molecule has 2 heterocycles. The first-order chi connectivity index (χ1) is 11.3. The van der Waals surface area contributed by atoms with Gasteiger partial charge in [0.2, 0.25) is 0 Å². The van der Waals surface area contributed by atoms with E-state index in [9.17, 15) is 23.3 Å². The molecule has 8 nitrogen and oxygen atoms in total. The third-order valence-corrected chi connectivity index (χ3v) is 3.08. The van der Waals surface area contributed by atoms with Crippen LogP contribution < -0.4 is 14.2 Å². The number of nitro groups is 1. The smallest absolute Gasteiger partial charge is 0.490 e. The summed E-state index contributed by atoms with van der Waals surface area (Å²) in [7, 11) is 0. The SMILES string of the molecule is O=[N+]([O-])c1cn2c(n1)O[C@@H](COc1ccc(OC(F)(F)F)cc1)C2. The minimum Gasteiger partial charge on any atom is -0.490 e. The van der Waals surface area contributed by atoms with Crippen LogP contribution in [0.3, 0.4) is 0 Å². The van der Waals surface area contributed by atoms with Crippen molar-refractivity contribution in [2.24, 2.45) is 0 Å². The van der Waals surface area contributed by atoms with E-state index < -0.39 is 17.4 Å². The standard InChI is InChI=1S/C13H10F3N3O5/c14-13(15,16)24-9-3-1-8(2-4-9)22-7-10-5-18-6-11(19(20)21)17-12(18)23-10/h1-4,6,10H,5,7H2/t10-/m1/s1. The quantitative estimate of drug-likeness (QED) is 0.611. The topological polar surface area (TPSA) is 88.7 Å². The fraction of sp³-hybridized carbons (Fsp3) is 0.308. The summed E-state index contributed by atoms with van der Waals surface area (Å²) in [4.78, 5) is 13.7. The lowest BCUT2D eigenvalue weighted by molar-refractivity contribution is -0.389. The van der Waals surface area contributed by atoms with Crippen molar-refractivity contribution in [3.8, 4) is 17.5 Å². The summed E-state index contributed by atoms with van der Waals surface area (Å²) in [6.45, 7) is 0.433. The normalized spacial score (nSPS) is 16.4. The van der Waals surface area contributed by atoms with Crippen LogP contribution in [0, 0.1) is 10.1 Å². The van der Waals surface area contributed by atoms with E-state index in [1.807, 2.05) is 0 Å². The van der Waals surface area contributed by atoms with E-state index in [4.69, 9.17) is 9.47 Å². The summed E-state index contributed by atoms with van der Waals surface area (Å²) >= 11 is 0. The summed E-state index contributed by atoms with van der Waals surface area (Å²) in [5.74, 6) is -0.312. The van der Waals surface area contributed by atoms with Crippen molar-refractivity contribution in [1.82, 2.24) is 9.55 Å². The lowest BCUT2D eigenvalue weighted by atomic mass is 10.3. The Morgan fingerprint density at radius 2 is 2.00 bits per heavy atom. The van der Waals surface area contributed by atoms with Crippen molar-refractivity contribution >= 4 is 5.82 Å². The number of aromatic nitrogens is 2. The van der Waals surface area contributed by atoms with Gasteiger partial charge >= 0.3 is 18.2 Å². The van der Waals surface area contributed by atoms with Gasteiger partial charge in [-0.05, 0) is 29.2 Å². The zero-order valence-corrected chi connectivity index (χ0v) is 11.9. The van der Waals surface area contributed by atoms with Crippen LogP contribution in [-0.4, -0.2) is 33.5 Å². The summed E-state index contributed by atoms with van der Waals surface area (Å²) in [5.41, 5.74) is 0. The van der Waals surface area contributed by atoms with E-state index >= 15 is 0 Å². The second kappa shape index (κ2) is 5.91. The summed E-state index contributed by atoms with van der Waals surface area (Å²) in [6.07, 6.45) is -3.89. The molecular formula is C13H10F3N3O5. The van der Waals surface area contributed by atoms with E-state index in [1.165, 1.54) is 22.9 Å². The molecule has 3 rings (SSSR count). The van der Waals surface area contributed by atoms with Crippen molar-refractivity contribution in [2.75, 3.05) is 6.61 Å². The van der Waals surface area contributed by atoms with E-state index in [2.05, 4.69) is 9.72 Å². The molecule has 0 radical (unpaired) electrons. The van der Waals surface area contributed by atoms with Gasteiger partial charge in [-0.1, -0.05) is 0 Å². The van der Waals surface area contributed by atoms with Gasteiger partial charge in [0.25, 0.3) is 0 Å². The van der Waals surface area contributed by atoms with E-state index in [0.717, 1.165) is 12.1 Å². The highest BCUT2D eigenvalue weighted by Crippen LogP contribution is 2.27. The van der Waals surface area contributed by atoms with Crippen LogP contribution in [-0.2, 0) is 6.54 Å². The summed E-state index contributed by atoms with van der Waals surface area (Å²) < 4.78 is 52.2. The molecule has 0 saturated heterocycles. The van der Waals surface area contributed by atoms with Crippen LogP contribution in [0.15, 0.2) is 30.5 Å². The number of benzene rings is 1. The molecule has 128 valence electrons. The van der Waals surface area contributed by atoms with Crippen molar-refractivity contribution in [3.05, 3.63) is 40.6 Å². The maximum Gasteiger partial charge on any atom is 0.573 e. The second-order valence-electron chi connectivity index (χ2n) is 4.86. The third-order valence-electron chi connectivity index (χ3n) is 3.08. The number of fused-ring (bicyclic) bond motifs is 1. The minimum absolute atomic E-state index is 0.108. The summed E-state index contributed by atoms with van der Waals surface area (Å²) in [5, 5.41) is 10.6. The largest absolute Gasteiger partial charge is 0.573 e. The Morgan fingerprint density at radius 3 is 2.58 bits per heavy atom. The van der Waals surface area contributed by atoms with Gasteiger partial charge in [0.05, 0.1) is 6.54 Å². The molecule has 1 aliphatic rings. The van der Waals surface area contributed by atoms with Gasteiger partial charge in [0.15, 0.2) is 6.10 Å². The zero-order chi connectivity index (χ0) is 17.3. The molecule has 0 saturated carbocycles. The van der Waals surface area contributed by atoms with E-state index in [0.29, 0.717) is 12.3 Å². The Kier molecular flexibility index (Phi) is 3.91. The molecule has 0 amide bonds. The van der Waals surface area contributed by atoms with Crippen LogP contribution in [0.4, 0.5) is 19.0 Å². The maximum absolute atomic E-state index is 12.1. The number of alkyl halides is 3. The number of halogens is 3. The molecule has 0 bridgehead atoms. The first-order valence-corrected chi connectivity index (χ1v) is 6.67. The molecule has 0 unspecified atom stereocenters. The third kappa shape index (κ3) is 3.67. The Bertz CT molecular complexity index is 721. The molecule has 1 atom stereocenters. The fourth-order valence-corrected chi connectivity index (χ4v) is 2.12. The van der Waals surface area contributed by atoms with Crippen molar-refractivity contribution in [1.29, 1.82) is 0 Å². The molecular weight excluding hydrogens is 335 g/mol. The molecule has 2 aromatic rings. The molecule has 11 heteroatoms. The molecule has 1 aliphatic heterocycles. The van der Waals surface area contributed by atoms with Crippen LogP contribution >= 0.6 is 0 Å². The number of hydrogen-bond acceptors (Lipinski definition) is 6. The molecule has 0 fully saturated rings. The molecule has 0 spiro atoms. The number of imidazole rings is 1. The van der Waals surface area contributed by atoms with Gasteiger partial charge in [-0.25, -0.2) is 0 Å². The van der Waals surface area contributed by atoms with Crippen molar-refractivity contribution in [2.45, 2.75) is 19.0 Å². The maximum atomic E-state index is 12.1. The number of rotatable bonds is 5. The number of ether oxygens (including phenoxy) is 3.